The molecule has 0 unspecified atom stereocenters. The van der Waals surface area contributed by atoms with Crippen LogP contribution in [0.15, 0.2) is 0 Å². The Morgan fingerprint density at radius 3 is 2.56 bits per heavy atom. The van der Waals surface area contributed by atoms with Gasteiger partial charge in [-0.05, 0) is 6.42 Å². The molecule has 0 radical (unpaired) electrons. The van der Waals surface area contributed by atoms with Crippen molar-refractivity contribution in [1.29, 1.82) is 5.26 Å². The van der Waals surface area contributed by atoms with Gasteiger partial charge in [0.05, 0.1) is 0 Å². The fraction of sp³-hybridized carbons (Fsp3) is 0.667. The zero-order chi connectivity index (χ0) is 12.2. The molecule has 0 saturated heterocycles. The van der Waals surface area contributed by atoms with Gasteiger partial charge in [-0.3, -0.25) is 0 Å². The number of hydrogen-bond donors (Lipinski definition) is 0. The van der Waals surface area contributed by atoms with Gasteiger partial charge in [0.15, 0.2) is 11.4 Å². The van der Waals surface area contributed by atoms with Crippen molar-refractivity contribution in [3.63, 3.8) is 0 Å². The topological polar surface area (TPSA) is 54.5 Å². The van der Waals surface area contributed by atoms with E-state index in [0.29, 0.717) is 6.42 Å². The number of aromatic nitrogens is 3. The lowest BCUT2D eigenvalue weighted by Gasteiger charge is -2.08. The maximum absolute atomic E-state index is 12.6. The van der Waals surface area contributed by atoms with Crippen molar-refractivity contribution in [2.45, 2.75) is 38.9 Å². The van der Waals surface area contributed by atoms with Crippen LogP contribution in [0, 0.1) is 11.3 Å². The van der Waals surface area contributed by atoms with E-state index in [1.54, 1.807) is 0 Å². The molecule has 0 aliphatic rings. The van der Waals surface area contributed by atoms with Crippen LogP contribution in [0.4, 0.5) is 13.2 Å². The summed E-state index contributed by atoms with van der Waals surface area (Å²) in [4.78, 5) is 0. The highest BCUT2D eigenvalue weighted by molar-refractivity contribution is 5.26. The molecule has 0 saturated carbocycles. The molecule has 4 nitrogen and oxygen atoms in total. The van der Waals surface area contributed by atoms with E-state index in [-0.39, 0.29) is 6.54 Å². The highest BCUT2D eigenvalue weighted by Gasteiger charge is 2.39. The SMILES string of the molecule is CCCCCn1nnc(C#N)c1C(F)(F)F. The maximum Gasteiger partial charge on any atom is 0.436 e. The number of aryl methyl sites for hydroxylation is 1. The zero-order valence-electron chi connectivity index (χ0n) is 8.75. The number of hydrogen-bond acceptors (Lipinski definition) is 3. The van der Waals surface area contributed by atoms with E-state index in [2.05, 4.69) is 10.3 Å². The van der Waals surface area contributed by atoms with E-state index in [0.717, 1.165) is 17.5 Å². The average Bonchev–Trinajstić information content (AvgIpc) is 2.61. The quantitative estimate of drug-likeness (QED) is 0.749. The summed E-state index contributed by atoms with van der Waals surface area (Å²) in [5.74, 6) is 0. The van der Waals surface area contributed by atoms with Crippen LogP contribution in [0.2, 0.25) is 0 Å². The summed E-state index contributed by atoms with van der Waals surface area (Å²) in [6, 6.07) is 1.40. The van der Waals surface area contributed by atoms with Gasteiger partial charge < -0.3 is 0 Å². The lowest BCUT2D eigenvalue weighted by Crippen LogP contribution is -2.16. The molecule has 0 N–H and O–H groups in total. The number of alkyl halides is 3. The Balaban J connectivity index is 2.93. The van der Waals surface area contributed by atoms with Crippen LogP contribution in [-0.4, -0.2) is 15.0 Å². The summed E-state index contributed by atoms with van der Waals surface area (Å²) in [5.41, 5.74) is -1.71. The Bertz CT molecular complexity index is 388. The van der Waals surface area contributed by atoms with Gasteiger partial charge >= 0.3 is 6.18 Å². The Hall–Kier alpha value is -1.58. The smallest absolute Gasteiger partial charge is 0.239 e. The second kappa shape index (κ2) is 4.96. The molecule has 0 spiro atoms. The zero-order valence-corrected chi connectivity index (χ0v) is 8.75. The first-order valence-corrected chi connectivity index (χ1v) is 4.91. The molecular formula is C9H11F3N4. The summed E-state index contributed by atoms with van der Waals surface area (Å²) < 4.78 is 38.5. The molecule has 1 aromatic rings. The minimum atomic E-state index is -4.58. The van der Waals surface area contributed by atoms with Crippen molar-refractivity contribution in [2.24, 2.45) is 0 Å². The summed E-state index contributed by atoms with van der Waals surface area (Å²) in [5, 5.41) is 15.1. The molecule has 0 aliphatic heterocycles. The summed E-state index contributed by atoms with van der Waals surface area (Å²) >= 11 is 0. The van der Waals surface area contributed by atoms with E-state index in [1.807, 2.05) is 6.92 Å². The average molecular weight is 232 g/mol. The van der Waals surface area contributed by atoms with Gasteiger partial charge in [-0.1, -0.05) is 25.0 Å². The highest BCUT2D eigenvalue weighted by Crippen LogP contribution is 2.30. The van der Waals surface area contributed by atoms with E-state index in [4.69, 9.17) is 5.26 Å². The largest absolute Gasteiger partial charge is 0.436 e. The van der Waals surface area contributed by atoms with E-state index in [1.165, 1.54) is 6.07 Å². The van der Waals surface area contributed by atoms with Crippen LogP contribution in [0.5, 0.6) is 0 Å². The van der Waals surface area contributed by atoms with Crippen LogP contribution in [0.25, 0.3) is 0 Å². The van der Waals surface area contributed by atoms with Gasteiger partial charge in [0.1, 0.15) is 6.07 Å². The fourth-order valence-electron chi connectivity index (χ4n) is 1.34. The Morgan fingerprint density at radius 1 is 1.38 bits per heavy atom. The van der Waals surface area contributed by atoms with Gasteiger partial charge in [-0.25, -0.2) is 4.68 Å². The summed E-state index contributed by atoms with van der Waals surface area (Å²) in [6.45, 7) is 2.09. The van der Waals surface area contributed by atoms with E-state index in [9.17, 15) is 13.2 Å². The van der Waals surface area contributed by atoms with Crippen LogP contribution in [-0.2, 0) is 12.7 Å². The van der Waals surface area contributed by atoms with Gasteiger partial charge in [0.2, 0.25) is 0 Å². The Morgan fingerprint density at radius 2 is 2.06 bits per heavy atom. The maximum atomic E-state index is 12.6. The molecule has 0 amide bonds. The summed E-state index contributed by atoms with van der Waals surface area (Å²) in [6.07, 6.45) is -2.27. The lowest BCUT2D eigenvalue weighted by atomic mass is 10.2. The number of nitrogens with zero attached hydrogens (tertiary/aromatic N) is 4. The highest BCUT2D eigenvalue weighted by atomic mass is 19.4. The lowest BCUT2D eigenvalue weighted by molar-refractivity contribution is -0.144. The van der Waals surface area contributed by atoms with Crippen molar-refractivity contribution in [2.75, 3.05) is 0 Å². The van der Waals surface area contributed by atoms with Crippen LogP contribution < -0.4 is 0 Å². The number of halogens is 3. The van der Waals surface area contributed by atoms with Gasteiger partial charge in [-0.2, -0.15) is 18.4 Å². The van der Waals surface area contributed by atoms with Gasteiger partial charge in [0, 0.05) is 6.54 Å². The van der Waals surface area contributed by atoms with Gasteiger partial charge in [-0.15, -0.1) is 5.10 Å². The minimum Gasteiger partial charge on any atom is -0.239 e. The second-order valence-corrected chi connectivity index (χ2v) is 3.33. The third-order valence-corrected chi connectivity index (χ3v) is 2.08. The predicted octanol–water partition coefficient (Wildman–Crippen LogP) is 2.36. The van der Waals surface area contributed by atoms with Crippen LogP contribution in [0.3, 0.4) is 0 Å². The molecule has 88 valence electrons. The molecule has 0 atom stereocenters. The molecule has 1 heterocycles. The minimum absolute atomic E-state index is 0.136. The Labute approximate surface area is 90.7 Å². The third-order valence-electron chi connectivity index (χ3n) is 2.08. The van der Waals surface area contributed by atoms with Crippen LogP contribution in [0.1, 0.15) is 37.6 Å². The molecule has 16 heavy (non-hydrogen) atoms. The van der Waals surface area contributed by atoms with Crippen LogP contribution >= 0.6 is 0 Å². The Kier molecular flexibility index (Phi) is 3.88. The number of rotatable bonds is 4. The molecule has 0 bridgehead atoms. The van der Waals surface area contributed by atoms with Gasteiger partial charge in [0.25, 0.3) is 0 Å². The number of unbranched alkanes of at least 4 members (excludes halogenated alkanes) is 2. The predicted molar refractivity (Wildman–Crippen MR) is 49.3 cm³/mol. The molecule has 0 fully saturated rings. The van der Waals surface area contributed by atoms with Crippen molar-refractivity contribution >= 4 is 0 Å². The normalized spacial score (nSPS) is 11.4. The standard InChI is InChI=1S/C9H11F3N4/c1-2-3-4-5-16-8(9(10,11)12)7(6-13)14-15-16/h2-5H2,1H3. The molecular weight excluding hydrogens is 221 g/mol. The molecule has 0 aliphatic carbocycles. The fourth-order valence-corrected chi connectivity index (χ4v) is 1.34. The first-order valence-electron chi connectivity index (χ1n) is 4.91. The van der Waals surface area contributed by atoms with Crippen molar-refractivity contribution in [3.8, 4) is 6.07 Å². The second-order valence-electron chi connectivity index (χ2n) is 3.33. The monoisotopic (exact) mass is 232 g/mol. The molecule has 0 aromatic carbocycles. The first-order chi connectivity index (χ1) is 7.50. The van der Waals surface area contributed by atoms with E-state index < -0.39 is 17.6 Å². The molecule has 1 aromatic heterocycles. The van der Waals surface area contributed by atoms with Crippen molar-refractivity contribution < 1.29 is 13.2 Å². The van der Waals surface area contributed by atoms with Crippen molar-refractivity contribution in [1.82, 2.24) is 15.0 Å². The molecule has 7 heteroatoms. The summed E-state index contributed by atoms with van der Waals surface area (Å²) in [7, 11) is 0. The molecule has 1 rings (SSSR count). The first kappa shape index (κ1) is 12.5. The van der Waals surface area contributed by atoms with Crippen molar-refractivity contribution in [3.05, 3.63) is 11.4 Å². The number of nitriles is 1. The third kappa shape index (κ3) is 2.72. The van der Waals surface area contributed by atoms with E-state index >= 15 is 0 Å².